The molecule has 24 heavy (non-hydrogen) atoms. The minimum Gasteiger partial charge on any atom is -0.468 e. The zero-order chi connectivity index (χ0) is 17.6. The lowest BCUT2D eigenvalue weighted by Crippen LogP contribution is -2.37. The van der Waals surface area contributed by atoms with Crippen molar-refractivity contribution in [3.05, 3.63) is 54.6 Å². The minimum absolute atomic E-state index is 0.231. The molecular weight excluding hydrogens is 355 g/mol. The van der Waals surface area contributed by atoms with Gasteiger partial charge in [-0.15, -0.1) is 0 Å². The highest BCUT2D eigenvalue weighted by molar-refractivity contribution is 6.42. The van der Waals surface area contributed by atoms with Crippen molar-refractivity contribution in [2.45, 2.75) is 6.54 Å². The molecule has 0 unspecified atom stereocenters. The van der Waals surface area contributed by atoms with E-state index in [1.54, 1.807) is 29.8 Å². The molecule has 7 nitrogen and oxygen atoms in total. The van der Waals surface area contributed by atoms with Gasteiger partial charge in [-0.05, 0) is 17.7 Å². The SMILES string of the molecule is COc1nc2c(c(=O)n(C)c(=O)n2C)n1Cc1ccc(Cl)c(Cl)c1. The highest BCUT2D eigenvalue weighted by Crippen LogP contribution is 2.25. The lowest BCUT2D eigenvalue weighted by atomic mass is 10.2. The molecule has 0 amide bonds. The Morgan fingerprint density at radius 2 is 1.83 bits per heavy atom. The van der Waals surface area contributed by atoms with Crippen LogP contribution in [0.1, 0.15) is 5.56 Å². The summed E-state index contributed by atoms with van der Waals surface area (Å²) in [5.74, 6) is 0. The van der Waals surface area contributed by atoms with Crippen molar-refractivity contribution in [3.8, 4) is 6.01 Å². The van der Waals surface area contributed by atoms with Gasteiger partial charge in [-0.2, -0.15) is 4.98 Å². The molecule has 0 atom stereocenters. The Morgan fingerprint density at radius 3 is 2.46 bits per heavy atom. The number of imidazole rings is 1. The molecule has 126 valence electrons. The number of fused-ring (bicyclic) bond motifs is 1. The highest BCUT2D eigenvalue weighted by Gasteiger charge is 2.19. The van der Waals surface area contributed by atoms with Crippen molar-refractivity contribution in [1.29, 1.82) is 0 Å². The van der Waals surface area contributed by atoms with E-state index in [0.29, 0.717) is 16.6 Å². The van der Waals surface area contributed by atoms with Crippen molar-refractivity contribution in [3.63, 3.8) is 0 Å². The van der Waals surface area contributed by atoms with Crippen LogP contribution in [0.5, 0.6) is 6.01 Å². The van der Waals surface area contributed by atoms with Gasteiger partial charge in [-0.1, -0.05) is 29.3 Å². The first kappa shape index (κ1) is 16.6. The summed E-state index contributed by atoms with van der Waals surface area (Å²) in [6, 6.07) is 5.42. The molecule has 0 spiro atoms. The van der Waals surface area contributed by atoms with Crippen molar-refractivity contribution in [2.75, 3.05) is 7.11 Å². The molecule has 1 aromatic carbocycles. The molecular formula is C15H14Cl2N4O3. The summed E-state index contributed by atoms with van der Waals surface area (Å²) in [6.07, 6.45) is 0. The number of aromatic nitrogens is 4. The number of hydrogen-bond acceptors (Lipinski definition) is 4. The second kappa shape index (κ2) is 5.99. The van der Waals surface area contributed by atoms with Gasteiger partial charge < -0.3 is 4.74 Å². The van der Waals surface area contributed by atoms with Crippen molar-refractivity contribution in [2.24, 2.45) is 14.1 Å². The van der Waals surface area contributed by atoms with E-state index < -0.39 is 11.2 Å². The Morgan fingerprint density at radius 1 is 1.12 bits per heavy atom. The molecule has 3 aromatic rings. The van der Waals surface area contributed by atoms with E-state index in [0.717, 1.165) is 10.1 Å². The standard InChI is InChI=1S/C15H14Cl2N4O3/c1-19-12-11(13(22)20(2)15(19)23)21(14(18-12)24-3)7-8-4-5-9(16)10(17)6-8/h4-6H,7H2,1-3H3. The zero-order valence-corrected chi connectivity index (χ0v) is 14.7. The maximum absolute atomic E-state index is 12.5. The van der Waals surface area contributed by atoms with E-state index in [1.165, 1.54) is 18.7 Å². The summed E-state index contributed by atoms with van der Waals surface area (Å²) < 4.78 is 9.23. The summed E-state index contributed by atoms with van der Waals surface area (Å²) in [5, 5.41) is 0.860. The Labute approximate surface area is 146 Å². The molecule has 2 aromatic heterocycles. The first-order valence-corrected chi connectivity index (χ1v) is 7.75. The van der Waals surface area contributed by atoms with E-state index in [4.69, 9.17) is 27.9 Å². The third-order valence-electron chi connectivity index (χ3n) is 3.82. The van der Waals surface area contributed by atoms with Gasteiger partial charge in [0.2, 0.25) is 0 Å². The molecule has 3 rings (SSSR count). The van der Waals surface area contributed by atoms with E-state index in [-0.39, 0.29) is 17.2 Å². The van der Waals surface area contributed by atoms with Gasteiger partial charge in [0.1, 0.15) is 0 Å². The highest BCUT2D eigenvalue weighted by atomic mass is 35.5. The molecule has 0 saturated carbocycles. The fraction of sp³-hybridized carbons (Fsp3) is 0.267. The van der Waals surface area contributed by atoms with Crippen molar-refractivity contribution < 1.29 is 4.74 Å². The molecule has 9 heteroatoms. The predicted octanol–water partition coefficient (Wildman–Crippen LogP) is 1.80. The van der Waals surface area contributed by atoms with Crippen LogP contribution >= 0.6 is 23.2 Å². The maximum Gasteiger partial charge on any atom is 0.332 e. The van der Waals surface area contributed by atoms with Crippen LogP contribution in [0.4, 0.5) is 0 Å². The van der Waals surface area contributed by atoms with Crippen LogP contribution < -0.4 is 16.0 Å². The molecule has 0 saturated heterocycles. The number of aryl methyl sites for hydroxylation is 1. The van der Waals surface area contributed by atoms with Crippen LogP contribution in [-0.4, -0.2) is 25.8 Å². The van der Waals surface area contributed by atoms with Gasteiger partial charge in [0, 0.05) is 14.1 Å². The zero-order valence-electron chi connectivity index (χ0n) is 13.2. The summed E-state index contributed by atoms with van der Waals surface area (Å²) in [4.78, 5) is 28.9. The number of rotatable bonds is 3. The van der Waals surface area contributed by atoms with Crippen LogP contribution in [0.15, 0.2) is 27.8 Å². The average molecular weight is 369 g/mol. The quantitative estimate of drug-likeness (QED) is 0.706. The summed E-state index contributed by atoms with van der Waals surface area (Å²) in [6.45, 7) is 0.296. The Balaban J connectivity index is 2.28. The fourth-order valence-electron chi connectivity index (χ4n) is 2.55. The van der Waals surface area contributed by atoms with Gasteiger partial charge in [-0.3, -0.25) is 18.5 Å². The number of halogens is 2. The normalized spacial score (nSPS) is 11.2. The average Bonchev–Trinajstić information content (AvgIpc) is 2.93. The molecule has 0 fully saturated rings. The fourth-order valence-corrected chi connectivity index (χ4v) is 2.87. The summed E-state index contributed by atoms with van der Waals surface area (Å²) >= 11 is 12.0. The number of hydrogen-bond donors (Lipinski definition) is 0. The smallest absolute Gasteiger partial charge is 0.332 e. The van der Waals surface area contributed by atoms with Crippen molar-refractivity contribution in [1.82, 2.24) is 18.7 Å². The van der Waals surface area contributed by atoms with E-state index in [2.05, 4.69) is 4.98 Å². The Bertz CT molecular complexity index is 1070. The summed E-state index contributed by atoms with van der Waals surface area (Å²) in [5.41, 5.74) is 0.471. The van der Waals surface area contributed by atoms with E-state index in [9.17, 15) is 9.59 Å². The van der Waals surface area contributed by atoms with Gasteiger partial charge in [-0.25, -0.2) is 4.79 Å². The molecule has 0 aliphatic heterocycles. The maximum atomic E-state index is 12.5. The second-order valence-corrected chi connectivity index (χ2v) is 6.13. The molecule has 0 bridgehead atoms. The number of nitrogens with zero attached hydrogens (tertiary/aromatic N) is 4. The van der Waals surface area contributed by atoms with Crippen LogP contribution in [0.2, 0.25) is 10.0 Å². The lowest BCUT2D eigenvalue weighted by Gasteiger charge is -2.09. The first-order valence-electron chi connectivity index (χ1n) is 6.99. The van der Waals surface area contributed by atoms with Crippen LogP contribution in [0.25, 0.3) is 11.2 Å². The van der Waals surface area contributed by atoms with Crippen LogP contribution in [0.3, 0.4) is 0 Å². The number of benzene rings is 1. The molecule has 0 radical (unpaired) electrons. The van der Waals surface area contributed by atoms with Gasteiger partial charge >= 0.3 is 5.69 Å². The first-order chi connectivity index (χ1) is 11.3. The summed E-state index contributed by atoms with van der Waals surface area (Å²) in [7, 11) is 4.43. The Hall–Kier alpha value is -2.25. The van der Waals surface area contributed by atoms with Gasteiger partial charge in [0.25, 0.3) is 11.6 Å². The Kier molecular flexibility index (Phi) is 4.15. The molecule has 0 N–H and O–H groups in total. The number of methoxy groups -OCH3 is 1. The largest absolute Gasteiger partial charge is 0.468 e. The minimum atomic E-state index is -0.450. The number of ether oxygens (including phenoxy) is 1. The van der Waals surface area contributed by atoms with E-state index >= 15 is 0 Å². The predicted molar refractivity (Wildman–Crippen MR) is 92.3 cm³/mol. The van der Waals surface area contributed by atoms with Gasteiger partial charge in [0.15, 0.2) is 11.2 Å². The topological polar surface area (TPSA) is 71.1 Å². The lowest BCUT2D eigenvalue weighted by molar-refractivity contribution is 0.364. The van der Waals surface area contributed by atoms with Crippen LogP contribution in [0, 0.1) is 0 Å². The van der Waals surface area contributed by atoms with Gasteiger partial charge in [0.05, 0.1) is 23.7 Å². The second-order valence-electron chi connectivity index (χ2n) is 5.31. The molecule has 0 aliphatic rings. The van der Waals surface area contributed by atoms with Crippen LogP contribution in [-0.2, 0) is 20.6 Å². The molecule has 2 heterocycles. The third-order valence-corrected chi connectivity index (χ3v) is 4.56. The third kappa shape index (κ3) is 2.50. The monoisotopic (exact) mass is 368 g/mol. The molecule has 0 aliphatic carbocycles. The van der Waals surface area contributed by atoms with E-state index in [1.807, 2.05) is 0 Å². The van der Waals surface area contributed by atoms with Crippen molar-refractivity contribution >= 4 is 34.4 Å².